The Morgan fingerprint density at radius 1 is 1.38 bits per heavy atom. The van der Waals surface area contributed by atoms with E-state index in [2.05, 4.69) is 0 Å². The van der Waals surface area contributed by atoms with E-state index in [4.69, 9.17) is 15.6 Å². The summed E-state index contributed by atoms with van der Waals surface area (Å²) in [6.45, 7) is 0.970. The lowest BCUT2D eigenvalue weighted by atomic mass is 9.91. The van der Waals surface area contributed by atoms with Gasteiger partial charge in [-0.1, -0.05) is 30.3 Å². The largest absolute Gasteiger partial charge is 0.465 e. The van der Waals surface area contributed by atoms with Crippen molar-refractivity contribution in [3.63, 3.8) is 0 Å². The van der Waals surface area contributed by atoms with Gasteiger partial charge < -0.3 is 20.5 Å². The maximum absolute atomic E-state index is 12.0. The van der Waals surface area contributed by atoms with E-state index in [0.717, 1.165) is 18.4 Å². The first-order valence-electron chi connectivity index (χ1n) is 7.02. The molecule has 1 heterocycles. The second-order valence-corrected chi connectivity index (χ2v) is 5.25. The number of hydrogen-bond donors (Lipinski definition) is 2. The molecule has 21 heavy (non-hydrogen) atoms. The molecule has 0 radical (unpaired) electrons. The smallest absolute Gasteiger partial charge is 0.407 e. The molecule has 114 valence electrons. The fourth-order valence-corrected chi connectivity index (χ4v) is 2.49. The number of nitrogens with two attached hydrogens (primary N) is 1. The number of esters is 1. The highest BCUT2D eigenvalue weighted by Gasteiger charge is 2.32. The summed E-state index contributed by atoms with van der Waals surface area (Å²) in [7, 11) is 0. The number of nitrogens with zero attached hydrogens (tertiary/aromatic N) is 1. The molecule has 1 fully saturated rings. The molecule has 1 aromatic rings. The first-order chi connectivity index (χ1) is 10.1. The number of hydrogen-bond acceptors (Lipinski definition) is 4. The maximum Gasteiger partial charge on any atom is 0.407 e. The van der Waals surface area contributed by atoms with E-state index in [-0.39, 0.29) is 19.1 Å². The second-order valence-electron chi connectivity index (χ2n) is 5.25. The van der Waals surface area contributed by atoms with Gasteiger partial charge >= 0.3 is 12.1 Å². The molecule has 6 heteroatoms. The van der Waals surface area contributed by atoms with Crippen LogP contribution in [0.1, 0.15) is 18.4 Å². The van der Waals surface area contributed by atoms with Crippen molar-refractivity contribution in [3.05, 3.63) is 35.9 Å². The minimum atomic E-state index is -0.968. The summed E-state index contributed by atoms with van der Waals surface area (Å²) in [4.78, 5) is 24.3. The summed E-state index contributed by atoms with van der Waals surface area (Å²) in [6.07, 6.45) is 0.492. The van der Waals surface area contributed by atoms with Crippen molar-refractivity contribution >= 4 is 12.1 Å². The molecule has 2 rings (SSSR count). The number of ether oxygens (including phenoxy) is 1. The van der Waals surface area contributed by atoms with Crippen LogP contribution in [0.4, 0.5) is 4.79 Å². The average Bonchev–Trinajstić information content (AvgIpc) is 2.53. The van der Waals surface area contributed by atoms with Crippen LogP contribution in [0.2, 0.25) is 0 Å². The first kappa shape index (κ1) is 15.3. The van der Waals surface area contributed by atoms with Gasteiger partial charge in [-0.15, -0.1) is 0 Å². The minimum Gasteiger partial charge on any atom is -0.465 e. The van der Waals surface area contributed by atoms with Gasteiger partial charge in [-0.2, -0.15) is 0 Å². The van der Waals surface area contributed by atoms with Crippen molar-refractivity contribution in [1.29, 1.82) is 0 Å². The Balaban J connectivity index is 1.85. The van der Waals surface area contributed by atoms with Crippen molar-refractivity contribution in [2.75, 3.05) is 13.1 Å². The standard InChI is InChI=1S/C15H20N2O4/c16-13(12-7-4-8-17(9-12)15(19)20)14(18)21-10-11-5-2-1-3-6-11/h1-3,5-6,12-13H,4,7-10,16H2,(H,19,20). The molecule has 1 saturated heterocycles. The summed E-state index contributed by atoms with van der Waals surface area (Å²) >= 11 is 0. The van der Waals surface area contributed by atoms with Crippen molar-refractivity contribution in [1.82, 2.24) is 4.90 Å². The molecule has 0 saturated carbocycles. The van der Waals surface area contributed by atoms with Crippen LogP contribution in [0, 0.1) is 5.92 Å². The number of piperidine rings is 1. The number of rotatable bonds is 4. The fourth-order valence-electron chi connectivity index (χ4n) is 2.49. The van der Waals surface area contributed by atoms with Gasteiger partial charge in [-0.3, -0.25) is 4.79 Å². The topological polar surface area (TPSA) is 92.9 Å². The van der Waals surface area contributed by atoms with Crippen LogP contribution in [0.3, 0.4) is 0 Å². The molecule has 0 bridgehead atoms. The van der Waals surface area contributed by atoms with Crippen molar-refractivity contribution < 1.29 is 19.4 Å². The number of benzene rings is 1. The van der Waals surface area contributed by atoms with Crippen LogP contribution in [0.5, 0.6) is 0 Å². The molecular formula is C15H20N2O4. The number of amides is 1. The van der Waals surface area contributed by atoms with Gasteiger partial charge in [0.05, 0.1) is 0 Å². The Kier molecular flexibility index (Phi) is 5.16. The van der Waals surface area contributed by atoms with Gasteiger partial charge in [0, 0.05) is 19.0 Å². The molecular weight excluding hydrogens is 272 g/mol. The van der Waals surface area contributed by atoms with Crippen LogP contribution in [0.15, 0.2) is 30.3 Å². The summed E-state index contributed by atoms with van der Waals surface area (Å²) in [5.41, 5.74) is 6.82. The molecule has 3 N–H and O–H groups in total. The molecule has 1 aromatic carbocycles. The van der Waals surface area contributed by atoms with Gasteiger partial charge in [0.1, 0.15) is 12.6 Å². The van der Waals surface area contributed by atoms with Gasteiger partial charge in [-0.05, 0) is 18.4 Å². The molecule has 1 amide bonds. The maximum atomic E-state index is 12.0. The third kappa shape index (κ3) is 4.19. The van der Waals surface area contributed by atoms with Crippen LogP contribution in [-0.4, -0.2) is 41.2 Å². The molecule has 2 atom stereocenters. The Morgan fingerprint density at radius 3 is 2.76 bits per heavy atom. The van der Waals surface area contributed by atoms with Gasteiger partial charge in [0.2, 0.25) is 0 Å². The molecule has 2 unspecified atom stereocenters. The molecule has 0 aliphatic carbocycles. The van der Waals surface area contributed by atoms with E-state index >= 15 is 0 Å². The lowest BCUT2D eigenvalue weighted by Crippen LogP contribution is -2.49. The third-order valence-electron chi connectivity index (χ3n) is 3.73. The van der Waals surface area contributed by atoms with Crippen LogP contribution in [-0.2, 0) is 16.1 Å². The lowest BCUT2D eigenvalue weighted by Gasteiger charge is -2.33. The third-order valence-corrected chi connectivity index (χ3v) is 3.73. The Labute approximate surface area is 123 Å². The summed E-state index contributed by atoms with van der Waals surface area (Å²) in [5.74, 6) is -0.658. The Morgan fingerprint density at radius 2 is 2.10 bits per heavy atom. The van der Waals surface area contributed by atoms with Crippen LogP contribution < -0.4 is 5.73 Å². The summed E-state index contributed by atoms with van der Waals surface area (Å²) < 4.78 is 5.21. The van der Waals surface area contributed by atoms with E-state index in [1.165, 1.54) is 4.90 Å². The summed E-state index contributed by atoms with van der Waals surface area (Å²) in [5, 5.41) is 9.00. The second kappa shape index (κ2) is 7.08. The highest BCUT2D eigenvalue weighted by Crippen LogP contribution is 2.20. The fraction of sp³-hybridized carbons (Fsp3) is 0.467. The number of carbonyl (C=O) groups is 2. The molecule has 6 nitrogen and oxygen atoms in total. The molecule has 0 aromatic heterocycles. The lowest BCUT2D eigenvalue weighted by molar-refractivity contribution is -0.148. The predicted molar refractivity (Wildman–Crippen MR) is 76.5 cm³/mol. The zero-order valence-electron chi connectivity index (χ0n) is 11.8. The molecule has 0 spiro atoms. The van der Waals surface area contributed by atoms with E-state index in [0.29, 0.717) is 6.54 Å². The summed E-state index contributed by atoms with van der Waals surface area (Å²) in [6, 6.07) is 8.58. The molecule has 1 aliphatic heterocycles. The van der Waals surface area contributed by atoms with Crippen molar-refractivity contribution in [2.24, 2.45) is 11.7 Å². The van der Waals surface area contributed by atoms with Crippen molar-refractivity contribution in [2.45, 2.75) is 25.5 Å². The average molecular weight is 292 g/mol. The van der Waals surface area contributed by atoms with Gasteiger partial charge in [0.25, 0.3) is 0 Å². The minimum absolute atomic E-state index is 0.182. The van der Waals surface area contributed by atoms with Crippen LogP contribution >= 0.6 is 0 Å². The van der Waals surface area contributed by atoms with E-state index in [9.17, 15) is 9.59 Å². The van der Waals surface area contributed by atoms with E-state index in [1.54, 1.807) is 0 Å². The van der Waals surface area contributed by atoms with E-state index < -0.39 is 18.1 Å². The quantitative estimate of drug-likeness (QED) is 0.819. The monoisotopic (exact) mass is 292 g/mol. The highest BCUT2D eigenvalue weighted by atomic mass is 16.5. The van der Waals surface area contributed by atoms with Crippen molar-refractivity contribution in [3.8, 4) is 0 Å². The van der Waals surface area contributed by atoms with Crippen LogP contribution in [0.25, 0.3) is 0 Å². The zero-order chi connectivity index (χ0) is 15.2. The Hall–Kier alpha value is -2.08. The van der Waals surface area contributed by atoms with Gasteiger partial charge in [0.15, 0.2) is 0 Å². The Bertz CT molecular complexity index is 492. The van der Waals surface area contributed by atoms with E-state index in [1.807, 2.05) is 30.3 Å². The number of carbonyl (C=O) groups excluding carboxylic acids is 1. The number of likely N-dealkylation sites (tertiary alicyclic amines) is 1. The predicted octanol–water partition coefficient (Wildman–Crippen LogP) is 1.45. The highest BCUT2D eigenvalue weighted by molar-refractivity contribution is 5.76. The van der Waals surface area contributed by atoms with Gasteiger partial charge in [-0.25, -0.2) is 4.79 Å². The first-order valence-corrected chi connectivity index (χ1v) is 7.02. The number of carboxylic acid groups (broad SMARTS) is 1. The SMILES string of the molecule is NC(C(=O)OCc1ccccc1)C1CCCN(C(=O)O)C1. The molecule has 1 aliphatic rings. The normalized spacial score (nSPS) is 19.9. The zero-order valence-corrected chi connectivity index (χ0v) is 11.8.